The van der Waals surface area contributed by atoms with Crippen molar-refractivity contribution in [2.24, 2.45) is 34.5 Å². The fourth-order valence-corrected chi connectivity index (χ4v) is 7.20. The summed E-state index contributed by atoms with van der Waals surface area (Å²) in [5.41, 5.74) is 0.679. The molecule has 0 aliphatic heterocycles. The highest BCUT2D eigenvalue weighted by atomic mass is 16.3. The van der Waals surface area contributed by atoms with Gasteiger partial charge in [-0.05, 0) is 68.3 Å². The number of rotatable bonds is 1. The van der Waals surface area contributed by atoms with Crippen molar-refractivity contribution in [1.82, 2.24) is 0 Å². The monoisotopic (exact) mass is 346 g/mol. The highest BCUT2D eigenvalue weighted by Crippen LogP contribution is 2.66. The first-order valence-electron chi connectivity index (χ1n) is 9.80. The molecule has 8 atom stereocenters. The minimum atomic E-state index is -0.571. The second-order valence-corrected chi connectivity index (χ2v) is 9.47. The molecule has 0 unspecified atom stereocenters. The molecule has 2 N–H and O–H groups in total. The molecule has 4 nitrogen and oxygen atoms in total. The van der Waals surface area contributed by atoms with Gasteiger partial charge in [-0.3, -0.25) is 9.59 Å². The predicted molar refractivity (Wildman–Crippen MR) is 93.7 cm³/mol. The summed E-state index contributed by atoms with van der Waals surface area (Å²) in [6.07, 6.45) is 5.21. The number of fused-ring (bicyclic) bond motifs is 5. The summed E-state index contributed by atoms with van der Waals surface area (Å²) in [5, 5.41) is 22.0. The van der Waals surface area contributed by atoms with Crippen molar-refractivity contribution in [1.29, 1.82) is 0 Å². The largest absolute Gasteiger partial charge is 0.393 e. The maximum absolute atomic E-state index is 12.2. The van der Waals surface area contributed by atoms with Gasteiger partial charge in [-0.15, -0.1) is 0 Å². The fourth-order valence-electron chi connectivity index (χ4n) is 7.20. The van der Waals surface area contributed by atoms with E-state index in [-0.39, 0.29) is 34.7 Å². The van der Waals surface area contributed by atoms with Crippen LogP contribution in [0.1, 0.15) is 59.3 Å². The van der Waals surface area contributed by atoms with Crippen LogP contribution in [0.2, 0.25) is 0 Å². The Labute approximate surface area is 149 Å². The number of hydrogen-bond acceptors (Lipinski definition) is 4. The van der Waals surface area contributed by atoms with E-state index >= 15 is 0 Å². The third-order valence-electron chi connectivity index (χ3n) is 8.55. The van der Waals surface area contributed by atoms with E-state index in [1.807, 2.05) is 13.0 Å². The van der Waals surface area contributed by atoms with Gasteiger partial charge in [0, 0.05) is 17.8 Å². The molecule has 3 saturated carbocycles. The number of allylic oxidation sites excluding steroid dienone is 1. The van der Waals surface area contributed by atoms with E-state index in [2.05, 4.69) is 6.92 Å². The minimum Gasteiger partial charge on any atom is -0.393 e. The third-order valence-corrected chi connectivity index (χ3v) is 8.55. The Morgan fingerprint density at radius 1 is 1.20 bits per heavy atom. The van der Waals surface area contributed by atoms with Gasteiger partial charge in [0.2, 0.25) is 0 Å². The Kier molecular flexibility index (Phi) is 3.83. The number of aliphatic hydroxyl groups is 2. The Morgan fingerprint density at radius 3 is 2.60 bits per heavy atom. The highest BCUT2D eigenvalue weighted by Gasteiger charge is 2.65. The van der Waals surface area contributed by atoms with Gasteiger partial charge in [0.15, 0.2) is 5.78 Å². The van der Waals surface area contributed by atoms with Crippen LogP contribution in [-0.4, -0.2) is 34.0 Å². The molecule has 0 heterocycles. The quantitative estimate of drug-likeness (QED) is 0.765. The first kappa shape index (κ1) is 17.4. The molecule has 4 rings (SSSR count). The molecule has 0 bridgehead atoms. The average Bonchev–Trinajstić information content (AvgIpc) is 2.82. The van der Waals surface area contributed by atoms with Crippen LogP contribution in [0.25, 0.3) is 0 Å². The van der Waals surface area contributed by atoms with Crippen LogP contribution in [-0.2, 0) is 9.59 Å². The zero-order valence-corrected chi connectivity index (χ0v) is 15.5. The number of ketones is 2. The number of hydrogen-bond donors (Lipinski definition) is 2. The third kappa shape index (κ3) is 2.19. The van der Waals surface area contributed by atoms with Crippen LogP contribution in [0, 0.1) is 34.5 Å². The van der Waals surface area contributed by atoms with Crippen molar-refractivity contribution in [2.75, 3.05) is 0 Å². The smallest absolute Gasteiger partial charge is 0.155 e. The molecule has 0 aromatic carbocycles. The van der Waals surface area contributed by atoms with Gasteiger partial charge in [0.25, 0.3) is 0 Å². The lowest BCUT2D eigenvalue weighted by atomic mass is 9.45. The molecule has 4 heteroatoms. The second kappa shape index (κ2) is 5.50. The summed E-state index contributed by atoms with van der Waals surface area (Å²) in [7, 11) is 0. The maximum atomic E-state index is 12.2. The fraction of sp³-hybridized carbons (Fsp3) is 0.810. The number of carbonyl (C=O) groups excluding carboxylic acids is 2. The molecule has 0 saturated heterocycles. The molecule has 4 aliphatic carbocycles. The predicted octanol–water partition coefficient (Wildman–Crippen LogP) is 2.67. The molecule has 0 radical (unpaired) electrons. The zero-order chi connectivity index (χ0) is 18.1. The maximum Gasteiger partial charge on any atom is 0.155 e. The van der Waals surface area contributed by atoms with Gasteiger partial charge >= 0.3 is 0 Å². The number of Topliss-reactive ketones (excluding diaryl/α,β-unsaturated/α-hetero) is 1. The van der Waals surface area contributed by atoms with Crippen molar-refractivity contribution < 1.29 is 19.8 Å². The van der Waals surface area contributed by atoms with E-state index in [4.69, 9.17) is 0 Å². The van der Waals surface area contributed by atoms with Crippen LogP contribution in [0.4, 0.5) is 0 Å². The van der Waals surface area contributed by atoms with Gasteiger partial charge in [-0.1, -0.05) is 19.4 Å². The van der Waals surface area contributed by atoms with Crippen LogP contribution in [0.15, 0.2) is 11.6 Å². The Bertz CT molecular complexity index is 652. The molecule has 0 aromatic heterocycles. The lowest BCUT2D eigenvalue weighted by Gasteiger charge is -2.59. The van der Waals surface area contributed by atoms with Gasteiger partial charge in [0.1, 0.15) is 5.78 Å². The molecule has 138 valence electrons. The highest BCUT2D eigenvalue weighted by molar-refractivity contribution is 5.91. The standard InChI is InChI=1S/C21H30O4/c1-11(22)15-9-17(24)19-14-5-4-12-8-13(23)6-7-20(12,2)16(14)10-18(25)21(15,19)3/h8,14-19,24-25H,4-7,9-10H2,1-3H3/t14-,15-,16-,17+,18-,19-,20+,21+/m1/s1. The Balaban J connectivity index is 1.75. The Hall–Kier alpha value is -1.00. The van der Waals surface area contributed by atoms with Crippen molar-refractivity contribution >= 4 is 11.6 Å². The second-order valence-electron chi connectivity index (χ2n) is 9.47. The van der Waals surface area contributed by atoms with Gasteiger partial charge in [-0.2, -0.15) is 0 Å². The van der Waals surface area contributed by atoms with E-state index in [0.717, 1.165) is 19.3 Å². The molecule has 3 fully saturated rings. The molecule has 0 amide bonds. The van der Waals surface area contributed by atoms with Gasteiger partial charge < -0.3 is 10.2 Å². The van der Waals surface area contributed by atoms with Crippen molar-refractivity contribution in [3.8, 4) is 0 Å². The topological polar surface area (TPSA) is 74.6 Å². The van der Waals surface area contributed by atoms with E-state index in [0.29, 0.717) is 25.2 Å². The molecule has 4 aliphatic rings. The molecule has 0 spiro atoms. The molecule has 0 aromatic rings. The normalized spacial score (nSPS) is 52.0. The summed E-state index contributed by atoms with van der Waals surface area (Å²) in [6, 6.07) is 0. The van der Waals surface area contributed by atoms with Crippen LogP contribution < -0.4 is 0 Å². The van der Waals surface area contributed by atoms with Crippen LogP contribution >= 0.6 is 0 Å². The van der Waals surface area contributed by atoms with Gasteiger partial charge in [0.05, 0.1) is 12.2 Å². The van der Waals surface area contributed by atoms with E-state index < -0.39 is 17.6 Å². The van der Waals surface area contributed by atoms with Crippen molar-refractivity contribution in [2.45, 2.75) is 71.5 Å². The van der Waals surface area contributed by atoms with Gasteiger partial charge in [-0.25, -0.2) is 0 Å². The SMILES string of the molecule is CC(=O)[C@H]1C[C@H](O)[C@H]2[C@@H]3CCC4=CC(=O)CC[C@]4(C)[C@@H]3C[C@@H](O)[C@@]21C. The summed E-state index contributed by atoms with van der Waals surface area (Å²) in [5.74, 6) is 0.654. The minimum absolute atomic E-state index is 0.0221. The van der Waals surface area contributed by atoms with Crippen LogP contribution in [0.5, 0.6) is 0 Å². The van der Waals surface area contributed by atoms with E-state index in [9.17, 15) is 19.8 Å². The van der Waals surface area contributed by atoms with Crippen molar-refractivity contribution in [3.63, 3.8) is 0 Å². The first-order chi connectivity index (χ1) is 11.7. The number of carbonyl (C=O) groups is 2. The lowest BCUT2D eigenvalue weighted by molar-refractivity contribution is -0.157. The molecule has 25 heavy (non-hydrogen) atoms. The first-order valence-corrected chi connectivity index (χ1v) is 9.80. The number of aliphatic hydroxyl groups excluding tert-OH is 2. The Morgan fingerprint density at radius 2 is 1.92 bits per heavy atom. The van der Waals surface area contributed by atoms with E-state index in [1.165, 1.54) is 5.57 Å². The average molecular weight is 346 g/mol. The van der Waals surface area contributed by atoms with Crippen molar-refractivity contribution in [3.05, 3.63) is 11.6 Å². The summed E-state index contributed by atoms with van der Waals surface area (Å²) < 4.78 is 0. The van der Waals surface area contributed by atoms with Crippen LogP contribution in [0.3, 0.4) is 0 Å². The summed E-state index contributed by atoms with van der Waals surface area (Å²) in [6.45, 7) is 5.87. The zero-order valence-electron chi connectivity index (χ0n) is 15.5. The molecular weight excluding hydrogens is 316 g/mol. The molecular formula is C21H30O4. The van der Waals surface area contributed by atoms with E-state index in [1.54, 1.807) is 6.92 Å². The summed E-state index contributed by atoms with van der Waals surface area (Å²) >= 11 is 0. The lowest BCUT2D eigenvalue weighted by Crippen LogP contribution is -2.58. The summed E-state index contributed by atoms with van der Waals surface area (Å²) in [4.78, 5) is 24.1.